The number of halogens is 1. The maximum Gasteiger partial charge on any atom is 0.321 e. The van der Waals surface area contributed by atoms with E-state index >= 15 is 0 Å². The standard InChI is InChI=1S/C19H28FN3O2/c1-2-12-21-19(25)22-18(24)14-23(17-6-4-3-5-7-17)13-15-8-10-16(20)11-9-15/h8-11,17H,2-7,12-14H2,1H3,(H2,21,22,24,25). The molecule has 0 radical (unpaired) electrons. The molecule has 1 fully saturated rings. The van der Waals surface area contributed by atoms with E-state index in [1.807, 2.05) is 6.92 Å². The van der Waals surface area contributed by atoms with Crippen LogP contribution in [0.25, 0.3) is 0 Å². The second-order valence-electron chi connectivity index (χ2n) is 6.63. The third-order valence-electron chi connectivity index (χ3n) is 4.53. The van der Waals surface area contributed by atoms with Gasteiger partial charge in [-0.2, -0.15) is 0 Å². The third-order valence-corrected chi connectivity index (χ3v) is 4.53. The summed E-state index contributed by atoms with van der Waals surface area (Å²) in [7, 11) is 0. The number of amides is 3. The van der Waals surface area contributed by atoms with Crippen molar-refractivity contribution in [1.29, 1.82) is 0 Å². The topological polar surface area (TPSA) is 61.4 Å². The molecule has 1 aromatic carbocycles. The summed E-state index contributed by atoms with van der Waals surface area (Å²) in [5.41, 5.74) is 0.968. The Morgan fingerprint density at radius 3 is 2.48 bits per heavy atom. The summed E-state index contributed by atoms with van der Waals surface area (Å²) in [6.45, 7) is 3.24. The molecule has 138 valence electrons. The number of urea groups is 1. The SMILES string of the molecule is CCCNC(=O)NC(=O)CN(Cc1ccc(F)cc1)C1CCCCC1. The van der Waals surface area contributed by atoms with Gasteiger partial charge >= 0.3 is 6.03 Å². The van der Waals surface area contributed by atoms with Gasteiger partial charge in [0.05, 0.1) is 6.54 Å². The van der Waals surface area contributed by atoms with Crippen molar-refractivity contribution in [2.45, 2.75) is 58.0 Å². The molecule has 5 nitrogen and oxygen atoms in total. The molecule has 0 aliphatic heterocycles. The first-order valence-corrected chi connectivity index (χ1v) is 9.14. The number of rotatable bonds is 7. The second kappa shape index (κ2) is 10.1. The number of carbonyl (C=O) groups excluding carboxylic acids is 2. The molecule has 0 saturated heterocycles. The van der Waals surface area contributed by atoms with Gasteiger partial charge in [0.15, 0.2) is 0 Å². The molecule has 2 rings (SSSR count). The highest BCUT2D eigenvalue weighted by Gasteiger charge is 2.24. The lowest BCUT2D eigenvalue weighted by Crippen LogP contribution is -2.47. The minimum absolute atomic E-state index is 0.168. The van der Waals surface area contributed by atoms with Crippen molar-refractivity contribution >= 4 is 11.9 Å². The first-order chi connectivity index (χ1) is 12.1. The summed E-state index contributed by atoms with van der Waals surface area (Å²) in [5, 5.41) is 5.03. The van der Waals surface area contributed by atoms with Gasteiger partial charge in [-0.05, 0) is 37.0 Å². The van der Waals surface area contributed by atoms with Gasteiger partial charge in [-0.25, -0.2) is 9.18 Å². The van der Waals surface area contributed by atoms with Gasteiger partial charge in [0.2, 0.25) is 5.91 Å². The molecule has 1 aromatic rings. The number of imide groups is 1. The summed E-state index contributed by atoms with van der Waals surface area (Å²) in [6.07, 6.45) is 6.46. The number of nitrogens with zero attached hydrogens (tertiary/aromatic N) is 1. The van der Waals surface area contributed by atoms with E-state index in [0.717, 1.165) is 37.7 Å². The first kappa shape index (κ1) is 19.4. The van der Waals surface area contributed by atoms with Crippen molar-refractivity contribution in [3.05, 3.63) is 35.6 Å². The molecule has 0 spiro atoms. The maximum absolute atomic E-state index is 13.1. The molecule has 0 bridgehead atoms. The molecule has 0 aromatic heterocycles. The average Bonchev–Trinajstić information content (AvgIpc) is 2.62. The number of benzene rings is 1. The van der Waals surface area contributed by atoms with Gasteiger partial charge in [0.1, 0.15) is 5.82 Å². The van der Waals surface area contributed by atoms with Gasteiger partial charge in [-0.1, -0.05) is 38.3 Å². The Hall–Kier alpha value is -1.95. The fraction of sp³-hybridized carbons (Fsp3) is 0.579. The van der Waals surface area contributed by atoms with E-state index in [1.54, 1.807) is 12.1 Å². The van der Waals surface area contributed by atoms with Gasteiger partial charge in [0, 0.05) is 19.1 Å². The smallest absolute Gasteiger partial charge is 0.321 e. The van der Waals surface area contributed by atoms with E-state index in [0.29, 0.717) is 19.1 Å². The monoisotopic (exact) mass is 349 g/mol. The van der Waals surface area contributed by atoms with Gasteiger partial charge < -0.3 is 5.32 Å². The Morgan fingerprint density at radius 1 is 1.16 bits per heavy atom. The van der Waals surface area contributed by atoms with Crippen molar-refractivity contribution in [2.75, 3.05) is 13.1 Å². The second-order valence-corrected chi connectivity index (χ2v) is 6.63. The molecule has 0 heterocycles. The van der Waals surface area contributed by atoms with Crippen LogP contribution < -0.4 is 10.6 Å². The molecule has 1 aliphatic carbocycles. The van der Waals surface area contributed by atoms with E-state index in [1.165, 1.54) is 18.6 Å². The summed E-state index contributed by atoms with van der Waals surface area (Å²) in [6, 6.07) is 6.24. The van der Waals surface area contributed by atoms with Crippen molar-refractivity contribution < 1.29 is 14.0 Å². The van der Waals surface area contributed by atoms with Crippen LogP contribution in [0.4, 0.5) is 9.18 Å². The van der Waals surface area contributed by atoms with Crippen molar-refractivity contribution in [3.8, 4) is 0 Å². The quantitative estimate of drug-likeness (QED) is 0.795. The lowest BCUT2D eigenvalue weighted by Gasteiger charge is -2.33. The van der Waals surface area contributed by atoms with E-state index in [2.05, 4.69) is 15.5 Å². The summed E-state index contributed by atoms with van der Waals surface area (Å²) in [4.78, 5) is 26.0. The zero-order valence-corrected chi connectivity index (χ0v) is 14.9. The van der Waals surface area contributed by atoms with E-state index in [-0.39, 0.29) is 18.3 Å². The zero-order valence-electron chi connectivity index (χ0n) is 14.9. The van der Waals surface area contributed by atoms with E-state index in [9.17, 15) is 14.0 Å². The Kier molecular flexibility index (Phi) is 7.85. The number of carbonyl (C=O) groups is 2. The van der Waals surface area contributed by atoms with E-state index in [4.69, 9.17) is 0 Å². The van der Waals surface area contributed by atoms with Gasteiger partial charge in [-0.15, -0.1) is 0 Å². The van der Waals surface area contributed by atoms with Gasteiger partial charge in [-0.3, -0.25) is 15.0 Å². The number of hydrogen-bond acceptors (Lipinski definition) is 3. The highest BCUT2D eigenvalue weighted by atomic mass is 19.1. The van der Waals surface area contributed by atoms with Crippen molar-refractivity contribution in [1.82, 2.24) is 15.5 Å². The lowest BCUT2D eigenvalue weighted by molar-refractivity contribution is -0.122. The van der Waals surface area contributed by atoms with Gasteiger partial charge in [0.25, 0.3) is 0 Å². The molecular formula is C19H28FN3O2. The summed E-state index contributed by atoms with van der Waals surface area (Å²) in [5.74, 6) is -0.570. The van der Waals surface area contributed by atoms with E-state index < -0.39 is 6.03 Å². The highest BCUT2D eigenvalue weighted by Crippen LogP contribution is 2.24. The molecule has 0 unspecified atom stereocenters. The maximum atomic E-state index is 13.1. The summed E-state index contributed by atoms with van der Waals surface area (Å²) >= 11 is 0. The molecule has 1 saturated carbocycles. The third kappa shape index (κ3) is 6.82. The molecule has 1 aliphatic rings. The van der Waals surface area contributed by atoms with Crippen LogP contribution in [-0.4, -0.2) is 36.0 Å². The van der Waals surface area contributed by atoms with Crippen LogP contribution in [0.5, 0.6) is 0 Å². The van der Waals surface area contributed by atoms with Crippen LogP contribution in [0.3, 0.4) is 0 Å². The lowest BCUT2D eigenvalue weighted by atomic mass is 9.93. The van der Waals surface area contributed by atoms with Crippen molar-refractivity contribution in [2.24, 2.45) is 0 Å². The Balaban J connectivity index is 1.97. The minimum atomic E-state index is -0.447. The molecule has 25 heavy (non-hydrogen) atoms. The predicted molar refractivity (Wildman–Crippen MR) is 95.5 cm³/mol. The zero-order chi connectivity index (χ0) is 18.1. The average molecular weight is 349 g/mol. The fourth-order valence-electron chi connectivity index (χ4n) is 3.22. The molecular weight excluding hydrogens is 321 g/mol. The first-order valence-electron chi connectivity index (χ1n) is 9.14. The Labute approximate surface area is 149 Å². The Morgan fingerprint density at radius 2 is 1.84 bits per heavy atom. The molecule has 6 heteroatoms. The normalized spacial score (nSPS) is 15.2. The summed E-state index contributed by atoms with van der Waals surface area (Å²) < 4.78 is 13.1. The largest absolute Gasteiger partial charge is 0.338 e. The van der Waals surface area contributed by atoms with Crippen LogP contribution in [0.15, 0.2) is 24.3 Å². The fourth-order valence-corrected chi connectivity index (χ4v) is 3.22. The van der Waals surface area contributed by atoms with Crippen LogP contribution in [0, 0.1) is 5.82 Å². The van der Waals surface area contributed by atoms with Crippen molar-refractivity contribution in [3.63, 3.8) is 0 Å². The van der Waals surface area contributed by atoms with Crippen LogP contribution in [0.2, 0.25) is 0 Å². The highest BCUT2D eigenvalue weighted by molar-refractivity contribution is 5.95. The van der Waals surface area contributed by atoms with Crippen LogP contribution in [0.1, 0.15) is 51.0 Å². The van der Waals surface area contributed by atoms with Crippen LogP contribution >= 0.6 is 0 Å². The Bertz CT molecular complexity index is 556. The van der Waals surface area contributed by atoms with Crippen LogP contribution in [-0.2, 0) is 11.3 Å². The molecule has 2 N–H and O–H groups in total. The molecule has 0 atom stereocenters. The number of hydrogen-bond donors (Lipinski definition) is 2. The predicted octanol–water partition coefficient (Wildman–Crippen LogP) is 3.20. The molecule has 3 amide bonds. The minimum Gasteiger partial charge on any atom is -0.338 e. The number of nitrogens with one attached hydrogen (secondary N) is 2.